The van der Waals surface area contributed by atoms with E-state index in [1.165, 1.54) is 20.0 Å². The predicted molar refractivity (Wildman–Crippen MR) is 71.5 cm³/mol. The van der Waals surface area contributed by atoms with Crippen molar-refractivity contribution in [2.75, 3.05) is 32.1 Å². The highest BCUT2D eigenvalue weighted by molar-refractivity contribution is 5.79. The Bertz CT molecular complexity index is 375. The van der Waals surface area contributed by atoms with Crippen LogP contribution in [0.15, 0.2) is 30.3 Å². The van der Waals surface area contributed by atoms with Crippen molar-refractivity contribution in [1.29, 1.82) is 0 Å². The average molecular weight is 248 g/mol. The number of likely N-dealkylation sites (tertiary alicyclic amines) is 1. The minimum absolute atomic E-state index is 0.203. The number of nitrogens with one attached hydrogen (secondary N) is 1. The van der Waals surface area contributed by atoms with E-state index in [9.17, 15) is 4.79 Å². The van der Waals surface area contributed by atoms with E-state index in [1.807, 2.05) is 30.3 Å². The Morgan fingerprint density at radius 1 is 1.33 bits per heavy atom. The standard InChI is InChI=1S/C14H20N2O2/c1-18-14(17)13(11-16-9-5-6-10-16)15-12-7-3-2-4-8-12/h2-4,7-8,13,15H,5-6,9-11H2,1H3/t13-/m1/s1. The maximum absolute atomic E-state index is 11.8. The maximum Gasteiger partial charge on any atom is 0.329 e. The monoisotopic (exact) mass is 248 g/mol. The second-order valence-corrected chi connectivity index (χ2v) is 4.59. The Balaban J connectivity index is 1.98. The molecule has 1 aromatic rings. The van der Waals surface area contributed by atoms with Gasteiger partial charge in [0.05, 0.1) is 7.11 Å². The molecule has 1 aliphatic rings. The summed E-state index contributed by atoms with van der Waals surface area (Å²) in [6, 6.07) is 9.48. The molecule has 2 rings (SSSR count). The van der Waals surface area contributed by atoms with Gasteiger partial charge in [-0.25, -0.2) is 4.79 Å². The molecule has 1 N–H and O–H groups in total. The predicted octanol–water partition coefficient (Wildman–Crippen LogP) is 1.74. The molecule has 1 aromatic carbocycles. The van der Waals surface area contributed by atoms with Crippen LogP contribution in [0.2, 0.25) is 0 Å². The molecule has 98 valence electrons. The quantitative estimate of drug-likeness (QED) is 0.806. The molecule has 0 aromatic heterocycles. The Kier molecular flexibility index (Phi) is 4.59. The molecule has 0 bridgehead atoms. The van der Waals surface area contributed by atoms with Crippen molar-refractivity contribution in [1.82, 2.24) is 4.90 Å². The summed E-state index contributed by atoms with van der Waals surface area (Å²) < 4.78 is 4.87. The fraction of sp³-hybridized carbons (Fsp3) is 0.500. The Morgan fingerprint density at radius 2 is 2.00 bits per heavy atom. The summed E-state index contributed by atoms with van der Waals surface area (Å²) in [5, 5.41) is 3.24. The molecule has 1 heterocycles. The van der Waals surface area contributed by atoms with Gasteiger partial charge in [0.2, 0.25) is 0 Å². The number of carbonyl (C=O) groups excluding carboxylic acids is 1. The Labute approximate surface area is 108 Å². The van der Waals surface area contributed by atoms with E-state index in [-0.39, 0.29) is 12.0 Å². The first-order valence-corrected chi connectivity index (χ1v) is 6.41. The zero-order chi connectivity index (χ0) is 12.8. The van der Waals surface area contributed by atoms with Gasteiger partial charge in [-0.1, -0.05) is 18.2 Å². The van der Waals surface area contributed by atoms with Gasteiger partial charge in [0, 0.05) is 12.2 Å². The topological polar surface area (TPSA) is 41.6 Å². The van der Waals surface area contributed by atoms with Crippen LogP contribution in [-0.2, 0) is 9.53 Å². The first kappa shape index (κ1) is 12.9. The Morgan fingerprint density at radius 3 is 2.61 bits per heavy atom. The van der Waals surface area contributed by atoms with E-state index < -0.39 is 0 Å². The van der Waals surface area contributed by atoms with Crippen LogP contribution in [-0.4, -0.2) is 43.7 Å². The van der Waals surface area contributed by atoms with Crippen LogP contribution in [0.25, 0.3) is 0 Å². The molecule has 4 heteroatoms. The van der Waals surface area contributed by atoms with E-state index >= 15 is 0 Å². The molecule has 4 nitrogen and oxygen atoms in total. The van der Waals surface area contributed by atoms with Crippen LogP contribution >= 0.6 is 0 Å². The number of esters is 1. The van der Waals surface area contributed by atoms with Gasteiger partial charge in [0.25, 0.3) is 0 Å². The number of ether oxygens (including phenoxy) is 1. The number of hydrogen-bond acceptors (Lipinski definition) is 4. The summed E-state index contributed by atoms with van der Waals surface area (Å²) in [6.07, 6.45) is 2.44. The minimum atomic E-state index is -0.296. The molecule has 1 saturated heterocycles. The molecule has 1 aliphatic heterocycles. The van der Waals surface area contributed by atoms with Crippen molar-refractivity contribution in [3.05, 3.63) is 30.3 Å². The number of rotatable bonds is 5. The van der Waals surface area contributed by atoms with Crippen molar-refractivity contribution in [2.24, 2.45) is 0 Å². The molecule has 0 unspecified atom stereocenters. The summed E-state index contributed by atoms with van der Waals surface area (Å²) in [5.41, 5.74) is 0.951. The molecule has 1 atom stereocenters. The lowest BCUT2D eigenvalue weighted by Crippen LogP contribution is -2.41. The Hall–Kier alpha value is -1.55. The second-order valence-electron chi connectivity index (χ2n) is 4.59. The lowest BCUT2D eigenvalue weighted by Gasteiger charge is -2.23. The number of benzene rings is 1. The van der Waals surface area contributed by atoms with Crippen molar-refractivity contribution in [3.63, 3.8) is 0 Å². The lowest BCUT2D eigenvalue weighted by atomic mass is 10.2. The summed E-state index contributed by atoms with van der Waals surface area (Å²) in [7, 11) is 1.44. The number of carbonyl (C=O) groups is 1. The third-order valence-corrected chi connectivity index (χ3v) is 3.24. The van der Waals surface area contributed by atoms with Crippen molar-refractivity contribution in [2.45, 2.75) is 18.9 Å². The van der Waals surface area contributed by atoms with Gasteiger partial charge >= 0.3 is 5.97 Å². The molecular weight excluding hydrogens is 228 g/mol. The molecule has 0 amide bonds. The molecule has 0 saturated carbocycles. The molecule has 0 radical (unpaired) electrons. The zero-order valence-electron chi connectivity index (χ0n) is 10.8. The van der Waals surface area contributed by atoms with Gasteiger partial charge in [-0.3, -0.25) is 0 Å². The lowest BCUT2D eigenvalue weighted by molar-refractivity contribution is -0.141. The molecule has 0 aliphatic carbocycles. The SMILES string of the molecule is COC(=O)[C@@H](CN1CCCC1)Nc1ccccc1. The van der Waals surface area contributed by atoms with Crippen molar-refractivity contribution in [3.8, 4) is 0 Å². The van der Waals surface area contributed by atoms with Crippen LogP contribution < -0.4 is 5.32 Å². The van der Waals surface area contributed by atoms with Crippen LogP contribution in [0, 0.1) is 0 Å². The van der Waals surface area contributed by atoms with Gasteiger partial charge < -0.3 is 15.0 Å². The normalized spacial score (nSPS) is 17.4. The zero-order valence-corrected chi connectivity index (χ0v) is 10.8. The van der Waals surface area contributed by atoms with E-state index in [1.54, 1.807) is 0 Å². The summed E-state index contributed by atoms with van der Waals surface area (Å²) in [6.45, 7) is 2.86. The second kappa shape index (κ2) is 6.40. The highest BCUT2D eigenvalue weighted by Crippen LogP contribution is 2.12. The molecule has 0 spiro atoms. The van der Waals surface area contributed by atoms with Gasteiger partial charge in [-0.2, -0.15) is 0 Å². The third-order valence-electron chi connectivity index (χ3n) is 3.24. The van der Waals surface area contributed by atoms with Crippen LogP contribution in [0.3, 0.4) is 0 Å². The molecule has 1 fully saturated rings. The molecular formula is C14H20N2O2. The smallest absolute Gasteiger partial charge is 0.329 e. The average Bonchev–Trinajstić information content (AvgIpc) is 2.91. The van der Waals surface area contributed by atoms with Gasteiger partial charge in [0.1, 0.15) is 6.04 Å². The van der Waals surface area contributed by atoms with Crippen LogP contribution in [0.4, 0.5) is 5.69 Å². The first-order valence-electron chi connectivity index (χ1n) is 6.41. The number of anilines is 1. The highest BCUT2D eigenvalue weighted by atomic mass is 16.5. The van der Waals surface area contributed by atoms with Gasteiger partial charge in [-0.05, 0) is 38.1 Å². The highest BCUT2D eigenvalue weighted by Gasteiger charge is 2.23. The third kappa shape index (κ3) is 3.47. The number of hydrogen-bond donors (Lipinski definition) is 1. The van der Waals surface area contributed by atoms with Crippen LogP contribution in [0.1, 0.15) is 12.8 Å². The molecule has 18 heavy (non-hydrogen) atoms. The maximum atomic E-state index is 11.8. The fourth-order valence-corrected chi connectivity index (χ4v) is 2.28. The van der Waals surface area contributed by atoms with E-state index in [4.69, 9.17) is 4.74 Å². The van der Waals surface area contributed by atoms with Crippen LogP contribution in [0.5, 0.6) is 0 Å². The summed E-state index contributed by atoms with van der Waals surface area (Å²) in [4.78, 5) is 14.1. The fourth-order valence-electron chi connectivity index (χ4n) is 2.28. The summed E-state index contributed by atoms with van der Waals surface area (Å²) in [5.74, 6) is -0.203. The van der Waals surface area contributed by atoms with E-state index in [0.29, 0.717) is 6.54 Å². The number of para-hydroxylation sites is 1. The number of methoxy groups -OCH3 is 1. The number of nitrogens with zero attached hydrogens (tertiary/aromatic N) is 1. The van der Waals surface area contributed by atoms with E-state index in [0.717, 1.165) is 18.8 Å². The first-order chi connectivity index (χ1) is 8.79. The van der Waals surface area contributed by atoms with Gasteiger partial charge in [-0.15, -0.1) is 0 Å². The van der Waals surface area contributed by atoms with Gasteiger partial charge in [0.15, 0.2) is 0 Å². The minimum Gasteiger partial charge on any atom is -0.467 e. The largest absolute Gasteiger partial charge is 0.467 e. The van der Waals surface area contributed by atoms with Crippen molar-refractivity contribution >= 4 is 11.7 Å². The van der Waals surface area contributed by atoms with E-state index in [2.05, 4.69) is 10.2 Å². The van der Waals surface area contributed by atoms with Crippen molar-refractivity contribution < 1.29 is 9.53 Å². The summed E-state index contributed by atoms with van der Waals surface area (Å²) >= 11 is 0.